The van der Waals surface area contributed by atoms with Crippen molar-refractivity contribution in [3.05, 3.63) is 70.4 Å². The second-order valence-electron chi connectivity index (χ2n) is 9.88. The molecule has 0 bridgehead atoms. The number of alkyl halides is 3. The summed E-state index contributed by atoms with van der Waals surface area (Å²) in [4.78, 5) is 18.1. The summed E-state index contributed by atoms with van der Waals surface area (Å²) in [5.41, 5.74) is 1.64. The Hall–Kier alpha value is -3.28. The number of aromatic nitrogens is 1. The molecular formula is C30H30ClF3N2O3. The average Bonchev–Trinajstić information content (AvgIpc) is 2.89. The lowest BCUT2D eigenvalue weighted by molar-refractivity contribution is -0.139. The zero-order chi connectivity index (χ0) is 28.0. The van der Waals surface area contributed by atoms with Crippen molar-refractivity contribution in [3.63, 3.8) is 0 Å². The summed E-state index contributed by atoms with van der Waals surface area (Å²) in [5.74, 6) is 6.12. The number of piperidine rings is 1. The summed E-state index contributed by atoms with van der Waals surface area (Å²) in [6.45, 7) is 1.79. The van der Waals surface area contributed by atoms with Crippen LogP contribution in [0.1, 0.15) is 42.4 Å². The zero-order valence-corrected chi connectivity index (χ0v) is 22.4. The van der Waals surface area contributed by atoms with Crippen molar-refractivity contribution in [2.75, 3.05) is 26.7 Å². The van der Waals surface area contributed by atoms with Crippen LogP contribution < -0.4 is 4.74 Å². The van der Waals surface area contributed by atoms with E-state index >= 15 is 0 Å². The molecule has 1 fully saturated rings. The van der Waals surface area contributed by atoms with Crippen LogP contribution in [0.25, 0.3) is 10.9 Å². The van der Waals surface area contributed by atoms with Gasteiger partial charge >= 0.3 is 12.1 Å². The SMILES string of the molecule is COc1ccc2nccc(CCC[C@@H]3CCN(CC#Cc4ccc(C(F)(F)F)cc4Cl)C[C@@H]3CC(=O)O)c2c1. The molecule has 2 heterocycles. The molecule has 0 aliphatic carbocycles. The number of likely N-dealkylation sites (tertiary alicyclic amines) is 1. The topological polar surface area (TPSA) is 62.7 Å². The summed E-state index contributed by atoms with van der Waals surface area (Å²) in [6.07, 6.45) is 1.04. The van der Waals surface area contributed by atoms with Crippen molar-refractivity contribution in [2.45, 2.75) is 38.3 Å². The quantitative estimate of drug-likeness (QED) is 0.312. The van der Waals surface area contributed by atoms with Gasteiger partial charge in [0.2, 0.25) is 0 Å². The lowest BCUT2D eigenvalue weighted by atomic mass is 9.80. The molecule has 1 saturated heterocycles. The fourth-order valence-electron chi connectivity index (χ4n) is 5.26. The molecule has 1 aliphatic heterocycles. The van der Waals surface area contributed by atoms with Gasteiger partial charge in [-0.1, -0.05) is 23.4 Å². The fourth-order valence-corrected chi connectivity index (χ4v) is 5.48. The Morgan fingerprint density at radius 2 is 2.03 bits per heavy atom. The number of nitrogens with zero attached hydrogens (tertiary/aromatic N) is 2. The van der Waals surface area contributed by atoms with E-state index in [0.29, 0.717) is 18.7 Å². The van der Waals surface area contributed by atoms with Crippen LogP contribution in [0, 0.1) is 23.7 Å². The molecule has 5 nitrogen and oxygen atoms in total. The molecule has 0 amide bonds. The lowest BCUT2D eigenvalue weighted by Gasteiger charge is -2.37. The first-order valence-corrected chi connectivity index (χ1v) is 13.2. The van der Waals surface area contributed by atoms with Gasteiger partial charge < -0.3 is 9.84 Å². The smallest absolute Gasteiger partial charge is 0.416 e. The third-order valence-electron chi connectivity index (χ3n) is 7.29. The minimum atomic E-state index is -4.46. The van der Waals surface area contributed by atoms with Crippen molar-refractivity contribution in [3.8, 4) is 17.6 Å². The Labute approximate surface area is 230 Å². The Morgan fingerprint density at radius 3 is 2.74 bits per heavy atom. The van der Waals surface area contributed by atoms with E-state index in [-0.39, 0.29) is 23.3 Å². The molecular weight excluding hydrogens is 529 g/mol. The lowest BCUT2D eigenvalue weighted by Crippen LogP contribution is -2.41. The van der Waals surface area contributed by atoms with E-state index in [1.54, 1.807) is 7.11 Å². The number of fused-ring (bicyclic) bond motifs is 1. The highest BCUT2D eigenvalue weighted by atomic mass is 35.5. The summed E-state index contributed by atoms with van der Waals surface area (Å²) in [5, 5.41) is 10.5. The number of carboxylic acid groups (broad SMARTS) is 1. The largest absolute Gasteiger partial charge is 0.497 e. The number of ether oxygens (including phenoxy) is 1. The molecule has 1 N–H and O–H groups in total. The number of carboxylic acids is 1. The molecule has 1 aliphatic rings. The van der Waals surface area contributed by atoms with Crippen molar-refractivity contribution in [1.82, 2.24) is 9.88 Å². The number of rotatable bonds is 8. The summed E-state index contributed by atoms with van der Waals surface area (Å²) in [6, 6.07) is 11.0. The molecule has 4 rings (SSSR count). The monoisotopic (exact) mass is 558 g/mol. The number of pyridine rings is 1. The van der Waals surface area contributed by atoms with Gasteiger partial charge in [-0.05, 0) is 92.1 Å². The number of hydrogen-bond donors (Lipinski definition) is 1. The van der Waals surface area contributed by atoms with Gasteiger partial charge in [-0.3, -0.25) is 14.7 Å². The summed E-state index contributed by atoms with van der Waals surface area (Å²) in [7, 11) is 1.64. The van der Waals surface area contributed by atoms with E-state index in [1.165, 1.54) is 11.6 Å². The number of hydrogen-bond acceptors (Lipinski definition) is 4. The minimum Gasteiger partial charge on any atom is -0.497 e. The Kier molecular flexibility index (Phi) is 9.36. The predicted octanol–water partition coefficient (Wildman–Crippen LogP) is 6.70. The highest BCUT2D eigenvalue weighted by Gasteiger charge is 2.31. The molecule has 0 unspecified atom stereocenters. The number of aliphatic carboxylic acids is 1. The van der Waals surface area contributed by atoms with E-state index < -0.39 is 17.7 Å². The van der Waals surface area contributed by atoms with Crippen LogP contribution in [0.3, 0.4) is 0 Å². The van der Waals surface area contributed by atoms with Gasteiger partial charge in [0.05, 0.1) is 29.8 Å². The minimum absolute atomic E-state index is 0.00184. The van der Waals surface area contributed by atoms with E-state index in [4.69, 9.17) is 16.3 Å². The maximum Gasteiger partial charge on any atom is 0.416 e. The van der Waals surface area contributed by atoms with Gasteiger partial charge in [-0.2, -0.15) is 13.2 Å². The molecule has 1 aromatic heterocycles. The Bertz CT molecular complexity index is 1380. The van der Waals surface area contributed by atoms with Gasteiger partial charge in [-0.15, -0.1) is 0 Å². The number of aryl methyl sites for hydroxylation is 1. The average molecular weight is 559 g/mol. The number of methoxy groups -OCH3 is 1. The third kappa shape index (κ3) is 7.65. The third-order valence-corrected chi connectivity index (χ3v) is 7.61. The maximum atomic E-state index is 12.9. The van der Waals surface area contributed by atoms with Gasteiger partial charge in [0.1, 0.15) is 5.75 Å². The molecule has 3 aromatic rings. The molecule has 0 spiro atoms. The predicted molar refractivity (Wildman–Crippen MR) is 145 cm³/mol. The van der Waals surface area contributed by atoms with E-state index in [2.05, 4.69) is 21.7 Å². The van der Waals surface area contributed by atoms with Crippen LogP contribution in [0.5, 0.6) is 5.75 Å². The van der Waals surface area contributed by atoms with Crippen LogP contribution in [-0.4, -0.2) is 47.7 Å². The highest BCUT2D eigenvalue weighted by Crippen LogP contribution is 2.33. The van der Waals surface area contributed by atoms with Gasteiger partial charge in [-0.25, -0.2) is 0 Å². The molecule has 39 heavy (non-hydrogen) atoms. The molecule has 0 radical (unpaired) electrons. The second kappa shape index (κ2) is 12.7. The molecule has 0 saturated carbocycles. The molecule has 2 aromatic carbocycles. The molecule has 9 heteroatoms. The first-order valence-electron chi connectivity index (χ1n) is 12.9. The van der Waals surface area contributed by atoms with Gasteiger partial charge in [0, 0.05) is 30.1 Å². The van der Waals surface area contributed by atoms with Gasteiger partial charge in [0.15, 0.2) is 0 Å². The zero-order valence-electron chi connectivity index (χ0n) is 21.6. The van der Waals surface area contributed by atoms with Crippen molar-refractivity contribution in [1.29, 1.82) is 0 Å². The van der Waals surface area contributed by atoms with E-state index in [0.717, 1.165) is 61.0 Å². The first kappa shape index (κ1) is 28.7. The van der Waals surface area contributed by atoms with E-state index in [1.807, 2.05) is 30.5 Å². The summed E-state index contributed by atoms with van der Waals surface area (Å²) >= 11 is 6.01. The Balaban J connectivity index is 1.35. The fraction of sp³-hybridized carbons (Fsp3) is 0.400. The number of carbonyl (C=O) groups is 1. The molecule has 206 valence electrons. The standard InChI is InChI=1S/C30H30ClF3N2O3/c1-39-25-9-10-28-26(18-25)21(11-13-35-28)5-2-4-20-12-15-36(19-23(20)16-29(37)38)14-3-6-22-7-8-24(17-27(22)31)30(32,33)34/h7-11,13,17-18,20,23H,2,4-5,12,14-16,19H2,1H3,(H,37,38)/t20-,23+/m1/s1. The summed E-state index contributed by atoms with van der Waals surface area (Å²) < 4.78 is 43.9. The van der Waals surface area contributed by atoms with Crippen molar-refractivity contribution >= 4 is 28.5 Å². The Morgan fingerprint density at radius 1 is 1.21 bits per heavy atom. The van der Waals surface area contributed by atoms with Crippen LogP contribution in [-0.2, 0) is 17.4 Å². The van der Waals surface area contributed by atoms with Crippen LogP contribution >= 0.6 is 11.6 Å². The van der Waals surface area contributed by atoms with Crippen LogP contribution in [0.4, 0.5) is 13.2 Å². The molecule has 2 atom stereocenters. The van der Waals surface area contributed by atoms with Crippen molar-refractivity contribution in [2.24, 2.45) is 11.8 Å². The second-order valence-corrected chi connectivity index (χ2v) is 10.3. The van der Waals surface area contributed by atoms with Crippen LogP contribution in [0.15, 0.2) is 48.7 Å². The van der Waals surface area contributed by atoms with E-state index in [9.17, 15) is 23.1 Å². The normalized spacial score (nSPS) is 18.0. The number of benzene rings is 2. The van der Waals surface area contributed by atoms with Crippen LogP contribution in [0.2, 0.25) is 5.02 Å². The number of halogens is 4. The first-order chi connectivity index (χ1) is 18.6. The maximum absolute atomic E-state index is 12.9. The highest BCUT2D eigenvalue weighted by molar-refractivity contribution is 6.31. The van der Waals surface area contributed by atoms with Gasteiger partial charge in [0.25, 0.3) is 0 Å². The van der Waals surface area contributed by atoms with Crippen molar-refractivity contribution < 1.29 is 27.8 Å².